The first kappa shape index (κ1) is 31.0. The van der Waals surface area contributed by atoms with Crippen LogP contribution < -0.4 is 10.9 Å². The van der Waals surface area contributed by atoms with Gasteiger partial charge in [0, 0.05) is 17.9 Å². The van der Waals surface area contributed by atoms with Gasteiger partial charge in [0.05, 0.1) is 18.5 Å². The number of alkyl halides is 1. The molecule has 2 unspecified atom stereocenters. The number of imidazole rings is 1. The van der Waals surface area contributed by atoms with Gasteiger partial charge in [-0.2, -0.15) is 4.98 Å². The molecule has 4 rings (SSSR count). The number of carbonyl (C=O) groups excluding carboxylic acids is 1. The number of aromatic nitrogens is 4. The average Bonchev–Trinajstić information content (AvgIpc) is 3.28. The van der Waals surface area contributed by atoms with Gasteiger partial charge in [0.15, 0.2) is 27.8 Å². The molecule has 0 aliphatic heterocycles. The van der Waals surface area contributed by atoms with E-state index in [1.165, 1.54) is 6.33 Å². The lowest BCUT2D eigenvalue weighted by Gasteiger charge is -2.43. The van der Waals surface area contributed by atoms with Crippen molar-refractivity contribution >= 4 is 39.7 Å². The Bertz CT molecular complexity index is 1340. The molecule has 40 heavy (non-hydrogen) atoms. The fourth-order valence-electron chi connectivity index (χ4n) is 5.12. The number of hydrogen-bond donors (Lipinski definition) is 2. The zero-order valence-corrected chi connectivity index (χ0v) is 28.2. The summed E-state index contributed by atoms with van der Waals surface area (Å²) in [6.45, 7) is 25.8. The molecule has 2 fully saturated rings. The number of nitrogens with zero attached hydrogens (tertiary/aromatic N) is 3. The van der Waals surface area contributed by atoms with Gasteiger partial charge in [-0.3, -0.25) is 19.9 Å². The second kappa shape index (κ2) is 9.84. The van der Waals surface area contributed by atoms with E-state index in [0.29, 0.717) is 6.61 Å². The summed E-state index contributed by atoms with van der Waals surface area (Å²) in [5.41, 5.74) is -0.558. The molecule has 2 heterocycles. The molecular formula is C28H48FN5O4Si2. The minimum absolute atomic E-state index is 0.0270. The predicted octanol–water partition coefficient (Wildman–Crippen LogP) is 6.03. The van der Waals surface area contributed by atoms with Crippen LogP contribution in [0.3, 0.4) is 0 Å². The van der Waals surface area contributed by atoms with Gasteiger partial charge in [-0.1, -0.05) is 55.4 Å². The predicted molar refractivity (Wildman–Crippen MR) is 161 cm³/mol. The van der Waals surface area contributed by atoms with E-state index in [4.69, 9.17) is 8.85 Å². The second-order valence-electron chi connectivity index (χ2n) is 15.2. The molecule has 2 aliphatic carbocycles. The highest BCUT2D eigenvalue weighted by Gasteiger charge is 2.74. The topological polar surface area (TPSA) is 111 Å². The van der Waals surface area contributed by atoms with E-state index in [1.807, 2.05) is 0 Å². The molecule has 5 atom stereocenters. The number of hydrogen-bond acceptors (Lipinski definition) is 6. The first-order chi connectivity index (χ1) is 18.1. The molecule has 224 valence electrons. The molecule has 2 N–H and O–H groups in total. The summed E-state index contributed by atoms with van der Waals surface area (Å²) >= 11 is 0. The fraction of sp³-hybridized carbons (Fsp3) is 0.786. The summed E-state index contributed by atoms with van der Waals surface area (Å²) in [5, 5.41) is 2.60. The molecule has 2 aromatic heterocycles. The molecule has 0 spiro atoms. The van der Waals surface area contributed by atoms with Crippen molar-refractivity contribution in [1.82, 2.24) is 19.5 Å². The van der Waals surface area contributed by atoms with Crippen LogP contribution in [0.2, 0.25) is 36.3 Å². The van der Waals surface area contributed by atoms with Crippen molar-refractivity contribution in [3.05, 3.63) is 16.7 Å². The summed E-state index contributed by atoms with van der Waals surface area (Å²) in [6, 6.07) is -0.606. The van der Waals surface area contributed by atoms with Crippen LogP contribution in [0.5, 0.6) is 0 Å². The zero-order chi connectivity index (χ0) is 30.2. The number of fused-ring (bicyclic) bond motifs is 2. The maximum atomic E-state index is 16.8. The summed E-state index contributed by atoms with van der Waals surface area (Å²) in [4.78, 5) is 36.5. The monoisotopic (exact) mass is 593 g/mol. The number of anilines is 1. The molecule has 0 radical (unpaired) electrons. The number of carbonyl (C=O) groups is 1. The Morgan fingerprint density at radius 1 is 1.18 bits per heavy atom. The van der Waals surface area contributed by atoms with Crippen LogP contribution in [0, 0.1) is 17.3 Å². The molecule has 9 nitrogen and oxygen atoms in total. The maximum absolute atomic E-state index is 16.8. The van der Waals surface area contributed by atoms with Gasteiger partial charge in [-0.25, -0.2) is 9.37 Å². The second-order valence-corrected chi connectivity index (χ2v) is 24.8. The van der Waals surface area contributed by atoms with Crippen LogP contribution >= 0.6 is 0 Å². The first-order valence-electron chi connectivity index (χ1n) is 14.4. The highest BCUT2D eigenvalue weighted by molar-refractivity contribution is 6.74. The Labute approximate surface area is 239 Å². The fourth-order valence-corrected chi connectivity index (χ4v) is 7.54. The maximum Gasteiger partial charge on any atom is 0.280 e. The molecule has 0 bridgehead atoms. The van der Waals surface area contributed by atoms with E-state index >= 15 is 4.39 Å². The van der Waals surface area contributed by atoms with E-state index in [0.717, 1.165) is 6.42 Å². The molecule has 2 saturated carbocycles. The van der Waals surface area contributed by atoms with Crippen molar-refractivity contribution in [1.29, 1.82) is 0 Å². The third-order valence-electron chi connectivity index (χ3n) is 10.0. The zero-order valence-electron chi connectivity index (χ0n) is 26.2. The molecule has 0 saturated heterocycles. The van der Waals surface area contributed by atoms with Crippen molar-refractivity contribution in [3.63, 3.8) is 0 Å². The Kier molecular flexibility index (Phi) is 7.64. The van der Waals surface area contributed by atoms with Gasteiger partial charge in [0.2, 0.25) is 11.9 Å². The van der Waals surface area contributed by atoms with Crippen LogP contribution in [0.4, 0.5) is 10.3 Å². The normalized spacial score (nSPS) is 27.4. The van der Waals surface area contributed by atoms with Crippen molar-refractivity contribution in [2.75, 3.05) is 11.9 Å². The minimum Gasteiger partial charge on any atom is -0.416 e. The van der Waals surface area contributed by atoms with E-state index in [-0.39, 0.29) is 44.9 Å². The Morgan fingerprint density at radius 3 is 2.33 bits per heavy atom. The number of halogens is 1. The average molecular weight is 594 g/mol. The summed E-state index contributed by atoms with van der Waals surface area (Å²) in [7, 11) is -4.42. The first-order valence-corrected chi connectivity index (χ1v) is 20.2. The molecule has 2 aliphatic rings. The van der Waals surface area contributed by atoms with Crippen LogP contribution in [-0.2, 0) is 13.6 Å². The van der Waals surface area contributed by atoms with E-state index in [1.54, 1.807) is 18.4 Å². The van der Waals surface area contributed by atoms with Crippen molar-refractivity contribution < 1.29 is 18.0 Å². The smallest absolute Gasteiger partial charge is 0.280 e. The summed E-state index contributed by atoms with van der Waals surface area (Å²) in [5.74, 6) is -0.584. The number of rotatable bonds is 8. The van der Waals surface area contributed by atoms with Crippen molar-refractivity contribution in [2.45, 2.75) is 116 Å². The molecule has 12 heteroatoms. The van der Waals surface area contributed by atoms with Gasteiger partial charge in [0.1, 0.15) is 6.17 Å². The van der Waals surface area contributed by atoms with E-state index in [2.05, 4.69) is 88.0 Å². The van der Waals surface area contributed by atoms with Gasteiger partial charge < -0.3 is 13.4 Å². The van der Waals surface area contributed by atoms with Crippen LogP contribution in [0.1, 0.15) is 67.9 Å². The molecule has 0 aromatic carbocycles. The lowest BCUT2D eigenvalue weighted by atomic mass is 10.0. The standard InChI is InChI=1S/C28H48FN5O4Si2/c1-16(2)23(35)32-25-31-22-19(24(36)33-25)30-15-34(22)20-17-13-28(17,14-37-39(9,10)26(3,4)5)21(18(20)29)38-40(11,12)27(6,7)8/h15-18,20-21H,13-14H2,1-12H3,(H2,31,32,33,35,36)/t17?,18-,20+,21?,28-/m0/s1. The van der Waals surface area contributed by atoms with Crippen molar-refractivity contribution in [3.8, 4) is 0 Å². The number of amides is 1. The van der Waals surface area contributed by atoms with Gasteiger partial charge in [-0.05, 0) is 48.6 Å². The number of aromatic amines is 1. The van der Waals surface area contributed by atoms with E-state index < -0.39 is 45.9 Å². The Morgan fingerprint density at radius 2 is 1.77 bits per heavy atom. The number of nitrogens with one attached hydrogen (secondary N) is 2. The molecule has 1 amide bonds. The summed E-state index contributed by atoms with van der Waals surface area (Å²) < 4.78 is 32.1. The third kappa shape index (κ3) is 5.24. The van der Waals surface area contributed by atoms with Crippen LogP contribution in [0.25, 0.3) is 11.2 Å². The largest absolute Gasteiger partial charge is 0.416 e. The number of H-pyrrole nitrogens is 1. The van der Waals surface area contributed by atoms with Gasteiger partial charge in [0.25, 0.3) is 5.56 Å². The highest BCUT2D eigenvalue weighted by atomic mass is 28.4. The van der Waals surface area contributed by atoms with Gasteiger partial charge in [-0.15, -0.1) is 0 Å². The molecular weight excluding hydrogens is 546 g/mol. The lowest BCUT2D eigenvalue weighted by molar-refractivity contribution is -0.118. The SMILES string of the molecule is CC(C)C(=O)Nc1nc2c(ncn2[C@@H]2C3C[C@@]3(CO[Si](C)(C)C(C)(C)C)C(O[Si](C)(C)C(C)(C)C)[C@H]2F)c(=O)[nH]1. The van der Waals surface area contributed by atoms with Crippen LogP contribution in [0.15, 0.2) is 11.1 Å². The Balaban J connectivity index is 1.75. The van der Waals surface area contributed by atoms with Gasteiger partial charge >= 0.3 is 0 Å². The van der Waals surface area contributed by atoms with Crippen LogP contribution in [-0.4, -0.2) is 60.9 Å². The quantitative estimate of drug-likeness (QED) is 0.362. The molecule has 2 aromatic rings. The summed E-state index contributed by atoms with van der Waals surface area (Å²) in [6.07, 6.45) is 0.312. The van der Waals surface area contributed by atoms with Crippen molar-refractivity contribution in [2.24, 2.45) is 17.3 Å². The highest BCUT2D eigenvalue weighted by Crippen LogP contribution is 2.70. The lowest BCUT2D eigenvalue weighted by Crippen LogP contribution is -2.50. The third-order valence-corrected chi connectivity index (χ3v) is 19.0. The Hall–Kier alpha value is -1.90. The minimum atomic E-state index is -2.33. The van der Waals surface area contributed by atoms with E-state index in [9.17, 15) is 9.59 Å².